The van der Waals surface area contributed by atoms with Gasteiger partial charge in [-0.3, -0.25) is 0 Å². The second kappa shape index (κ2) is 16.4. The maximum absolute atomic E-state index is 7.05. The Morgan fingerprint density at radius 2 is 0.932 bits per heavy atom. The van der Waals surface area contributed by atoms with Crippen LogP contribution in [0.3, 0.4) is 0 Å². The molecule has 5 heteroatoms. The monoisotopic (exact) mass is 959 g/mol. The Labute approximate surface area is 433 Å². The van der Waals surface area contributed by atoms with Crippen LogP contribution in [0.1, 0.15) is 61.1 Å². The first kappa shape index (κ1) is 44.0. The lowest BCUT2D eigenvalue weighted by Gasteiger charge is -2.32. The van der Waals surface area contributed by atoms with E-state index in [0.717, 1.165) is 51.2 Å². The molecule has 4 aliphatic rings. The van der Waals surface area contributed by atoms with E-state index in [1.807, 2.05) is 12.1 Å². The van der Waals surface area contributed by atoms with Crippen LogP contribution < -0.4 is 10.4 Å². The van der Waals surface area contributed by atoms with Gasteiger partial charge in [-0.25, -0.2) is 0 Å². The normalized spacial score (nSPS) is 16.9. The molecule has 1 spiro atoms. The average molecular weight is 960 g/mol. The first-order chi connectivity index (χ1) is 35.6. The summed E-state index contributed by atoms with van der Waals surface area (Å²) in [6.07, 6.45) is 0.917. The Kier molecular flexibility index (Phi) is 9.89. The molecule has 3 aliphatic carbocycles. The standard InChI is InChI=1S/C68H51BClNO2/c1-66(2)67(3,4)73-69(72-66)62-42-48(41-61-65(62)56-22-11-14-24-59(56)68(61)58-23-13-10-21-55(58)64-57-40-47-18-8-9-19-52(47)54(57)38-39-60(64)68)45-26-28-46(29-27-45)53-20-12-15-25-63(53)71(51-36-32-49(70)33-37-51)50-34-30-44(31-35-50)43-16-6-5-7-17-43/h5-39,41-42H,40H2,1-4H3. The Morgan fingerprint density at radius 3 is 1.62 bits per heavy atom. The molecule has 0 aromatic heterocycles. The molecule has 1 aliphatic heterocycles. The van der Waals surface area contributed by atoms with Gasteiger partial charge in [0.25, 0.3) is 0 Å². The Hall–Kier alpha value is -7.73. The van der Waals surface area contributed by atoms with Crippen LogP contribution >= 0.6 is 11.6 Å². The van der Waals surface area contributed by atoms with Crippen molar-refractivity contribution in [1.29, 1.82) is 0 Å². The molecular formula is C68H51BClNO2. The number of halogens is 1. The molecule has 73 heavy (non-hydrogen) atoms. The lowest BCUT2D eigenvalue weighted by atomic mass is 9.67. The number of rotatable bonds is 7. The van der Waals surface area contributed by atoms with Crippen molar-refractivity contribution < 1.29 is 9.31 Å². The quantitative estimate of drug-likeness (QED) is 0.149. The summed E-state index contributed by atoms with van der Waals surface area (Å²) in [5.41, 5.74) is 25.3. The molecule has 1 unspecified atom stereocenters. The molecule has 3 nitrogen and oxygen atoms in total. The van der Waals surface area contributed by atoms with E-state index in [1.165, 1.54) is 77.9 Å². The second-order valence-electron chi connectivity index (χ2n) is 21.1. The van der Waals surface area contributed by atoms with Crippen molar-refractivity contribution in [2.24, 2.45) is 0 Å². The van der Waals surface area contributed by atoms with Gasteiger partial charge in [-0.1, -0.05) is 188 Å². The van der Waals surface area contributed by atoms with E-state index in [1.54, 1.807) is 0 Å². The van der Waals surface area contributed by atoms with Crippen molar-refractivity contribution in [1.82, 2.24) is 0 Å². The van der Waals surface area contributed by atoms with Crippen molar-refractivity contribution in [3.05, 3.63) is 263 Å². The zero-order valence-electron chi connectivity index (χ0n) is 41.3. The van der Waals surface area contributed by atoms with Gasteiger partial charge in [0.1, 0.15) is 0 Å². The molecule has 10 aromatic rings. The summed E-state index contributed by atoms with van der Waals surface area (Å²) in [6, 6.07) is 82.2. The SMILES string of the molecule is CC1(C)OB(c2cc(-c3ccc(-c4ccccc4N(c4ccc(Cl)cc4)c4ccc(-c5ccccc5)cc4)cc3)cc3c2-c2ccccc2C32c3ccccc3-c3c2ccc2c3Cc3ccccc3-2)OC1(C)C. The summed E-state index contributed by atoms with van der Waals surface area (Å²) in [4.78, 5) is 2.33. The van der Waals surface area contributed by atoms with Crippen LogP contribution in [-0.2, 0) is 21.1 Å². The van der Waals surface area contributed by atoms with Crippen molar-refractivity contribution in [3.8, 4) is 66.8 Å². The average Bonchev–Trinajstić information content (AvgIpc) is 4.14. The number of nitrogens with zero attached hydrogens (tertiary/aromatic N) is 1. The highest BCUT2D eigenvalue weighted by atomic mass is 35.5. The van der Waals surface area contributed by atoms with Crippen LogP contribution in [0.25, 0.3) is 66.8 Å². The fourth-order valence-electron chi connectivity index (χ4n) is 12.5. The number of hydrogen-bond acceptors (Lipinski definition) is 3. The molecule has 350 valence electrons. The molecule has 0 bridgehead atoms. The zero-order valence-corrected chi connectivity index (χ0v) is 42.0. The van der Waals surface area contributed by atoms with E-state index in [-0.39, 0.29) is 0 Å². The number of fused-ring (bicyclic) bond motifs is 14. The predicted molar refractivity (Wildman–Crippen MR) is 303 cm³/mol. The molecular weight excluding hydrogens is 909 g/mol. The fraction of sp³-hybridized carbons (Fsp3) is 0.118. The highest BCUT2D eigenvalue weighted by Gasteiger charge is 2.57. The number of anilines is 3. The third-order valence-corrected chi connectivity index (χ3v) is 16.9. The molecule has 1 saturated heterocycles. The molecule has 0 radical (unpaired) electrons. The van der Waals surface area contributed by atoms with Crippen LogP contribution in [0.2, 0.25) is 5.02 Å². The van der Waals surface area contributed by atoms with Gasteiger partial charge in [-0.05, 0) is 183 Å². The zero-order chi connectivity index (χ0) is 49.2. The van der Waals surface area contributed by atoms with Gasteiger partial charge in [-0.15, -0.1) is 0 Å². The van der Waals surface area contributed by atoms with Crippen LogP contribution in [0, 0.1) is 0 Å². The van der Waals surface area contributed by atoms with E-state index >= 15 is 0 Å². The largest absolute Gasteiger partial charge is 0.495 e. The van der Waals surface area contributed by atoms with Gasteiger partial charge in [0.2, 0.25) is 0 Å². The van der Waals surface area contributed by atoms with Gasteiger partial charge in [-0.2, -0.15) is 0 Å². The van der Waals surface area contributed by atoms with E-state index in [9.17, 15) is 0 Å². The first-order valence-corrected chi connectivity index (χ1v) is 25.9. The molecule has 1 heterocycles. The minimum Gasteiger partial charge on any atom is -0.399 e. The Balaban J connectivity index is 0.939. The third-order valence-electron chi connectivity index (χ3n) is 16.7. The maximum atomic E-state index is 7.05. The summed E-state index contributed by atoms with van der Waals surface area (Å²) in [5.74, 6) is 0. The number of para-hydroxylation sites is 1. The Bertz CT molecular complexity index is 3830. The fourth-order valence-corrected chi connectivity index (χ4v) is 12.7. The third kappa shape index (κ3) is 6.60. The lowest BCUT2D eigenvalue weighted by Crippen LogP contribution is -2.41. The van der Waals surface area contributed by atoms with Gasteiger partial charge >= 0.3 is 7.12 Å². The van der Waals surface area contributed by atoms with Gasteiger partial charge < -0.3 is 14.2 Å². The maximum Gasteiger partial charge on any atom is 0.495 e. The molecule has 1 fully saturated rings. The summed E-state index contributed by atoms with van der Waals surface area (Å²) < 4.78 is 14.1. The van der Waals surface area contributed by atoms with E-state index in [0.29, 0.717) is 5.02 Å². The second-order valence-corrected chi connectivity index (χ2v) is 21.5. The van der Waals surface area contributed by atoms with Crippen LogP contribution in [0.5, 0.6) is 0 Å². The van der Waals surface area contributed by atoms with Crippen LogP contribution in [0.4, 0.5) is 17.1 Å². The minimum atomic E-state index is -0.584. The highest BCUT2D eigenvalue weighted by Crippen LogP contribution is 2.65. The van der Waals surface area contributed by atoms with Crippen molar-refractivity contribution in [2.75, 3.05) is 4.90 Å². The van der Waals surface area contributed by atoms with Crippen molar-refractivity contribution >= 4 is 41.2 Å². The Morgan fingerprint density at radius 1 is 0.411 bits per heavy atom. The minimum absolute atomic E-state index is 0.530. The van der Waals surface area contributed by atoms with E-state index < -0.39 is 23.7 Å². The molecule has 1 atom stereocenters. The molecule has 14 rings (SSSR count). The predicted octanol–water partition coefficient (Wildman–Crippen LogP) is 17.0. The summed E-state index contributed by atoms with van der Waals surface area (Å²) in [7, 11) is -0.584. The smallest absolute Gasteiger partial charge is 0.399 e. The number of hydrogen-bond donors (Lipinski definition) is 0. The topological polar surface area (TPSA) is 21.7 Å². The molecule has 0 N–H and O–H groups in total. The highest BCUT2D eigenvalue weighted by molar-refractivity contribution is 6.64. The van der Waals surface area contributed by atoms with E-state index in [4.69, 9.17) is 20.9 Å². The van der Waals surface area contributed by atoms with Gasteiger partial charge in [0, 0.05) is 22.0 Å². The number of benzene rings is 10. The van der Waals surface area contributed by atoms with Crippen molar-refractivity contribution in [3.63, 3.8) is 0 Å². The molecule has 10 aromatic carbocycles. The molecule has 0 amide bonds. The molecule has 0 saturated carbocycles. The van der Waals surface area contributed by atoms with E-state index in [2.05, 4.69) is 245 Å². The summed E-state index contributed by atoms with van der Waals surface area (Å²) in [6.45, 7) is 8.61. The first-order valence-electron chi connectivity index (χ1n) is 25.5. The van der Waals surface area contributed by atoms with Gasteiger partial charge in [0.05, 0.1) is 22.3 Å². The summed E-state index contributed by atoms with van der Waals surface area (Å²) >= 11 is 6.50. The lowest BCUT2D eigenvalue weighted by molar-refractivity contribution is 0.00578. The summed E-state index contributed by atoms with van der Waals surface area (Å²) in [5, 5.41) is 0.700. The van der Waals surface area contributed by atoms with Gasteiger partial charge in [0.15, 0.2) is 0 Å². The van der Waals surface area contributed by atoms with Crippen LogP contribution in [-0.4, -0.2) is 18.3 Å². The van der Waals surface area contributed by atoms with Crippen molar-refractivity contribution in [2.45, 2.75) is 50.7 Å². The van der Waals surface area contributed by atoms with Crippen LogP contribution in [0.15, 0.2) is 224 Å².